The first kappa shape index (κ1) is 18.3. The van der Waals surface area contributed by atoms with Gasteiger partial charge in [-0.2, -0.15) is 0 Å². The molecule has 1 aliphatic heterocycles. The number of carboxylic acids is 1. The fraction of sp³-hybridized carbons (Fsp3) is 0.273. The molecule has 3 heterocycles. The third-order valence-corrected chi connectivity index (χ3v) is 6.83. The average Bonchev–Trinajstić information content (AvgIpc) is 3.26. The summed E-state index contributed by atoms with van der Waals surface area (Å²) in [6.07, 6.45) is 1.27. The van der Waals surface area contributed by atoms with Crippen molar-refractivity contribution in [3.8, 4) is 11.3 Å². The van der Waals surface area contributed by atoms with E-state index in [4.69, 9.17) is 4.98 Å². The molecule has 5 nitrogen and oxygen atoms in total. The lowest BCUT2D eigenvalue weighted by Gasteiger charge is -2.29. The Balaban J connectivity index is 1.58. The van der Waals surface area contributed by atoms with Crippen LogP contribution in [-0.2, 0) is 11.3 Å². The molecule has 1 fully saturated rings. The molecule has 0 atom stereocenters. The van der Waals surface area contributed by atoms with Crippen molar-refractivity contribution in [2.45, 2.75) is 19.4 Å². The van der Waals surface area contributed by atoms with Crippen LogP contribution in [0.4, 0.5) is 4.39 Å². The standard InChI is InChI=1S/C22H20FN3O2S/c23-16-7-5-14(6-8-16)20-18(13-25-11-9-15(10-12-25)21(27)28)26-17-3-1-2-4-19(17)29-22(26)24-20/h1-8,15H,9-13H2,(H,27,28). The van der Waals surface area contributed by atoms with E-state index in [0.717, 1.165) is 47.1 Å². The van der Waals surface area contributed by atoms with Crippen molar-refractivity contribution in [2.75, 3.05) is 13.1 Å². The number of hydrogen-bond donors (Lipinski definition) is 1. The van der Waals surface area contributed by atoms with Crippen LogP contribution in [0.5, 0.6) is 0 Å². The maximum Gasteiger partial charge on any atom is 0.195 e. The van der Waals surface area contributed by atoms with Crippen molar-refractivity contribution in [3.63, 3.8) is 0 Å². The summed E-state index contributed by atoms with van der Waals surface area (Å²) in [5, 5.41) is 11.2. The van der Waals surface area contributed by atoms with Crippen molar-refractivity contribution in [1.82, 2.24) is 9.38 Å². The molecule has 0 aliphatic carbocycles. The second-order valence-electron chi connectivity index (χ2n) is 7.62. The highest BCUT2D eigenvalue weighted by molar-refractivity contribution is 7.23. The van der Waals surface area contributed by atoms with Gasteiger partial charge < -0.3 is 14.8 Å². The molecule has 0 spiro atoms. The maximum atomic E-state index is 13.4. The first-order valence-electron chi connectivity index (χ1n) is 9.79. The zero-order valence-electron chi connectivity index (χ0n) is 15.7. The Kier molecular flexibility index (Phi) is 4.56. The van der Waals surface area contributed by atoms with Gasteiger partial charge in [0.2, 0.25) is 0 Å². The molecule has 0 radical (unpaired) electrons. The molecule has 1 saturated heterocycles. The van der Waals surface area contributed by atoms with Crippen LogP contribution in [-0.4, -0.2) is 28.4 Å². The molecule has 0 saturated carbocycles. The number of nitrogens with one attached hydrogen (secondary N) is 1. The molecule has 0 unspecified atom stereocenters. The van der Waals surface area contributed by atoms with E-state index in [1.54, 1.807) is 23.5 Å². The highest BCUT2D eigenvalue weighted by Gasteiger charge is 2.27. The van der Waals surface area contributed by atoms with Gasteiger partial charge in [0.05, 0.1) is 29.0 Å². The molecule has 5 rings (SSSR count). The first-order chi connectivity index (χ1) is 14.1. The van der Waals surface area contributed by atoms with Crippen LogP contribution in [0.1, 0.15) is 18.5 Å². The zero-order valence-corrected chi connectivity index (χ0v) is 16.5. The Hall–Kier alpha value is -2.77. The second kappa shape index (κ2) is 7.24. The number of carbonyl (C=O) groups is 1. The molecule has 0 bridgehead atoms. The van der Waals surface area contributed by atoms with E-state index >= 15 is 0 Å². The van der Waals surface area contributed by atoms with Gasteiger partial charge in [0.25, 0.3) is 0 Å². The van der Waals surface area contributed by atoms with Crippen molar-refractivity contribution in [2.24, 2.45) is 5.92 Å². The van der Waals surface area contributed by atoms with Gasteiger partial charge in [0, 0.05) is 30.3 Å². The maximum absolute atomic E-state index is 13.4. The van der Waals surface area contributed by atoms with E-state index in [1.807, 2.05) is 12.1 Å². The lowest BCUT2D eigenvalue weighted by Crippen LogP contribution is -3.12. The number of likely N-dealkylation sites (tertiary alicyclic amines) is 1. The smallest absolute Gasteiger partial charge is 0.195 e. The number of carboxylic acid groups (broad SMARTS) is 1. The van der Waals surface area contributed by atoms with Crippen LogP contribution < -0.4 is 10.0 Å². The predicted molar refractivity (Wildman–Crippen MR) is 108 cm³/mol. The molecule has 2 aromatic heterocycles. The molecule has 29 heavy (non-hydrogen) atoms. The highest BCUT2D eigenvalue weighted by Crippen LogP contribution is 2.32. The fourth-order valence-corrected chi connectivity index (χ4v) is 5.30. The van der Waals surface area contributed by atoms with Gasteiger partial charge in [0.15, 0.2) is 4.96 Å². The molecule has 4 aromatic rings. The van der Waals surface area contributed by atoms with Crippen molar-refractivity contribution < 1.29 is 19.2 Å². The van der Waals surface area contributed by atoms with Crippen molar-refractivity contribution in [1.29, 1.82) is 0 Å². The van der Waals surface area contributed by atoms with Crippen LogP contribution in [0.2, 0.25) is 0 Å². The van der Waals surface area contributed by atoms with Gasteiger partial charge in [-0.3, -0.25) is 4.40 Å². The number of fused-ring (bicyclic) bond motifs is 3. The number of benzene rings is 2. The number of quaternary nitrogens is 1. The number of carbonyl (C=O) groups excluding carboxylic acids is 1. The summed E-state index contributed by atoms with van der Waals surface area (Å²) >= 11 is 1.64. The number of aliphatic carboxylic acids is 1. The number of nitrogens with zero attached hydrogens (tertiary/aromatic N) is 2. The molecule has 2 aromatic carbocycles. The van der Waals surface area contributed by atoms with Crippen LogP contribution in [0.3, 0.4) is 0 Å². The summed E-state index contributed by atoms with van der Waals surface area (Å²) in [5.41, 5.74) is 3.97. The second-order valence-corrected chi connectivity index (χ2v) is 8.63. The van der Waals surface area contributed by atoms with Gasteiger partial charge in [0.1, 0.15) is 18.1 Å². The summed E-state index contributed by atoms with van der Waals surface area (Å²) in [6, 6.07) is 14.7. The Labute approximate surface area is 171 Å². The number of halogens is 1. The van der Waals surface area contributed by atoms with Gasteiger partial charge >= 0.3 is 0 Å². The molecular weight excluding hydrogens is 389 g/mol. The van der Waals surface area contributed by atoms with Crippen molar-refractivity contribution in [3.05, 3.63) is 60.0 Å². The number of imidazole rings is 1. The zero-order chi connectivity index (χ0) is 20.0. The van der Waals surface area contributed by atoms with Gasteiger partial charge in [-0.05, 0) is 36.4 Å². The predicted octanol–water partition coefficient (Wildman–Crippen LogP) is 1.90. The quantitative estimate of drug-likeness (QED) is 0.560. The number of para-hydroxylation sites is 1. The van der Waals surface area contributed by atoms with Gasteiger partial charge in [-0.15, -0.1) is 0 Å². The number of rotatable bonds is 4. The molecule has 148 valence electrons. The third kappa shape index (κ3) is 3.30. The summed E-state index contributed by atoms with van der Waals surface area (Å²) in [7, 11) is 0. The number of hydrogen-bond acceptors (Lipinski definition) is 4. The van der Waals surface area contributed by atoms with E-state index in [2.05, 4.69) is 16.5 Å². The molecular formula is C22H20FN3O2S. The topological polar surface area (TPSA) is 61.9 Å². The van der Waals surface area contributed by atoms with Crippen molar-refractivity contribution >= 4 is 32.5 Å². The summed E-state index contributed by atoms with van der Waals surface area (Å²) in [4.78, 5) is 18.3. The van der Waals surface area contributed by atoms with E-state index < -0.39 is 5.97 Å². The lowest BCUT2D eigenvalue weighted by atomic mass is 9.97. The molecule has 1 aliphatic rings. The summed E-state index contributed by atoms with van der Waals surface area (Å²) < 4.78 is 16.8. The SMILES string of the molecule is O=C([O-])C1CC[NH+](Cc2c(-c3ccc(F)cc3)nc3sc4ccccc4n23)CC1. The molecule has 0 amide bonds. The Morgan fingerprint density at radius 3 is 2.62 bits per heavy atom. The molecule has 7 heteroatoms. The fourth-order valence-electron chi connectivity index (χ4n) is 4.25. The van der Waals surface area contributed by atoms with Crippen LogP contribution in [0.25, 0.3) is 26.4 Å². The minimum Gasteiger partial charge on any atom is -0.550 e. The van der Waals surface area contributed by atoms with Crippen LogP contribution >= 0.6 is 11.3 Å². The van der Waals surface area contributed by atoms with E-state index in [1.165, 1.54) is 21.7 Å². The minimum atomic E-state index is -0.938. The number of thiazole rings is 1. The minimum absolute atomic E-state index is 0.267. The van der Waals surface area contributed by atoms with Gasteiger partial charge in [-0.1, -0.05) is 23.5 Å². The van der Waals surface area contributed by atoms with Gasteiger partial charge in [-0.25, -0.2) is 9.37 Å². The average molecular weight is 409 g/mol. The summed E-state index contributed by atoms with van der Waals surface area (Å²) in [5.74, 6) is -1.55. The Morgan fingerprint density at radius 2 is 1.90 bits per heavy atom. The largest absolute Gasteiger partial charge is 0.550 e. The Morgan fingerprint density at radius 1 is 1.17 bits per heavy atom. The normalized spacial score (nSPS) is 19.8. The monoisotopic (exact) mass is 409 g/mol. The van der Waals surface area contributed by atoms with E-state index in [9.17, 15) is 14.3 Å². The van der Waals surface area contributed by atoms with E-state index in [-0.39, 0.29) is 11.7 Å². The van der Waals surface area contributed by atoms with Crippen LogP contribution in [0.15, 0.2) is 48.5 Å². The Bertz CT molecular complexity index is 1190. The van der Waals surface area contributed by atoms with Crippen LogP contribution in [0, 0.1) is 11.7 Å². The third-order valence-electron chi connectivity index (χ3n) is 5.81. The van der Waals surface area contributed by atoms with E-state index in [0.29, 0.717) is 12.8 Å². The number of piperidine rings is 1. The number of aromatic nitrogens is 2. The first-order valence-corrected chi connectivity index (χ1v) is 10.6. The summed E-state index contributed by atoms with van der Waals surface area (Å²) in [6.45, 7) is 2.32. The molecule has 1 N–H and O–H groups in total. The highest BCUT2D eigenvalue weighted by atomic mass is 32.1. The lowest BCUT2D eigenvalue weighted by molar-refractivity contribution is -0.919.